The Morgan fingerprint density at radius 1 is 1.00 bits per heavy atom. The van der Waals surface area contributed by atoms with Crippen LogP contribution in [0.5, 0.6) is 0 Å². The van der Waals surface area contributed by atoms with Crippen molar-refractivity contribution >= 4 is 11.9 Å². The molecular formula is C23H37N5O. The summed E-state index contributed by atoms with van der Waals surface area (Å²) >= 11 is 0. The van der Waals surface area contributed by atoms with Crippen molar-refractivity contribution in [3.63, 3.8) is 0 Å². The van der Waals surface area contributed by atoms with Crippen molar-refractivity contribution in [3.8, 4) is 0 Å². The van der Waals surface area contributed by atoms with Crippen LogP contribution in [0.1, 0.15) is 44.6 Å². The van der Waals surface area contributed by atoms with E-state index in [4.69, 9.17) is 0 Å². The molecule has 2 heterocycles. The first-order valence-electron chi connectivity index (χ1n) is 11.1. The van der Waals surface area contributed by atoms with Gasteiger partial charge in [-0.15, -0.1) is 0 Å². The average molecular weight is 400 g/mol. The normalized spacial score (nSPS) is 20.6. The molecule has 1 aromatic rings. The summed E-state index contributed by atoms with van der Waals surface area (Å²) in [5.74, 6) is 1.80. The number of piperazine rings is 1. The molecule has 2 aliphatic rings. The predicted octanol–water partition coefficient (Wildman–Crippen LogP) is 2.38. The third-order valence-electron chi connectivity index (χ3n) is 6.38. The number of carbonyl (C=O) groups excluding carboxylic acids is 1. The average Bonchev–Trinajstić information content (AvgIpc) is 3.31. The molecule has 0 saturated carbocycles. The monoisotopic (exact) mass is 399 g/mol. The van der Waals surface area contributed by atoms with Crippen LogP contribution in [0, 0.1) is 0 Å². The van der Waals surface area contributed by atoms with Crippen LogP contribution in [0.25, 0.3) is 0 Å². The van der Waals surface area contributed by atoms with Crippen LogP contribution >= 0.6 is 0 Å². The summed E-state index contributed by atoms with van der Waals surface area (Å²) in [6.07, 6.45) is 3.37. The van der Waals surface area contributed by atoms with E-state index in [9.17, 15) is 4.79 Å². The number of nitrogens with one attached hydrogen (secondary N) is 1. The van der Waals surface area contributed by atoms with Gasteiger partial charge in [0, 0.05) is 52.9 Å². The van der Waals surface area contributed by atoms with Gasteiger partial charge >= 0.3 is 0 Å². The second-order valence-electron chi connectivity index (χ2n) is 8.31. The molecule has 2 saturated heterocycles. The third-order valence-corrected chi connectivity index (χ3v) is 6.38. The van der Waals surface area contributed by atoms with E-state index in [1.807, 2.05) is 11.9 Å². The van der Waals surface area contributed by atoms with Gasteiger partial charge in [0.15, 0.2) is 5.96 Å². The lowest BCUT2D eigenvalue weighted by Crippen LogP contribution is -2.57. The zero-order valence-corrected chi connectivity index (χ0v) is 18.3. The van der Waals surface area contributed by atoms with Gasteiger partial charge in [0.2, 0.25) is 5.91 Å². The van der Waals surface area contributed by atoms with Crippen molar-refractivity contribution in [2.45, 2.75) is 45.1 Å². The van der Waals surface area contributed by atoms with E-state index in [2.05, 4.69) is 64.3 Å². The van der Waals surface area contributed by atoms with E-state index in [1.54, 1.807) is 0 Å². The van der Waals surface area contributed by atoms with Crippen molar-refractivity contribution < 1.29 is 4.79 Å². The molecule has 160 valence electrons. The topological polar surface area (TPSA) is 51.2 Å². The number of aliphatic imine (C=N–C) groups is 1. The second-order valence-corrected chi connectivity index (χ2v) is 8.31. The molecule has 6 heteroatoms. The minimum atomic E-state index is -0.0167. The van der Waals surface area contributed by atoms with Crippen LogP contribution in [-0.4, -0.2) is 85.5 Å². The van der Waals surface area contributed by atoms with E-state index in [0.717, 1.165) is 71.0 Å². The highest BCUT2D eigenvalue weighted by atomic mass is 16.2. The fourth-order valence-corrected chi connectivity index (χ4v) is 4.36. The van der Waals surface area contributed by atoms with E-state index >= 15 is 0 Å². The van der Waals surface area contributed by atoms with Crippen LogP contribution in [-0.2, 0) is 4.79 Å². The number of hydrogen-bond acceptors (Lipinski definition) is 3. The number of guanidine groups is 1. The minimum absolute atomic E-state index is 0.0167. The number of carbonyl (C=O) groups is 1. The van der Waals surface area contributed by atoms with Gasteiger partial charge in [0.1, 0.15) is 0 Å². The Bertz CT molecular complexity index is 663. The molecule has 1 amide bonds. The summed E-state index contributed by atoms with van der Waals surface area (Å²) in [6, 6.07) is 10.7. The fraction of sp³-hybridized carbons (Fsp3) is 0.652. The predicted molar refractivity (Wildman–Crippen MR) is 119 cm³/mol. The van der Waals surface area contributed by atoms with Gasteiger partial charge in [-0.05, 0) is 37.7 Å². The molecule has 0 bridgehead atoms. The molecular weight excluding hydrogens is 362 g/mol. The first-order valence-corrected chi connectivity index (χ1v) is 11.1. The molecule has 29 heavy (non-hydrogen) atoms. The molecule has 2 aliphatic heterocycles. The summed E-state index contributed by atoms with van der Waals surface area (Å²) < 4.78 is 0. The Morgan fingerprint density at radius 2 is 1.66 bits per heavy atom. The van der Waals surface area contributed by atoms with Crippen molar-refractivity contribution in [2.24, 2.45) is 4.99 Å². The van der Waals surface area contributed by atoms with Crippen LogP contribution in [0.15, 0.2) is 35.3 Å². The highest BCUT2D eigenvalue weighted by Crippen LogP contribution is 2.18. The number of amides is 1. The van der Waals surface area contributed by atoms with Crippen molar-refractivity contribution in [2.75, 3.05) is 52.9 Å². The van der Waals surface area contributed by atoms with E-state index < -0.39 is 0 Å². The SMILES string of the molecule is CN=C(NCCC(C)c1ccccc1)N1CCN(C(C)C(=O)N2CCCC2)CC1. The van der Waals surface area contributed by atoms with Crippen LogP contribution < -0.4 is 5.32 Å². The highest BCUT2D eigenvalue weighted by molar-refractivity contribution is 5.82. The zero-order valence-electron chi connectivity index (χ0n) is 18.3. The molecule has 1 N–H and O–H groups in total. The molecule has 0 spiro atoms. The lowest BCUT2D eigenvalue weighted by Gasteiger charge is -2.39. The summed E-state index contributed by atoms with van der Waals surface area (Å²) in [5.41, 5.74) is 1.38. The molecule has 6 nitrogen and oxygen atoms in total. The number of likely N-dealkylation sites (tertiary alicyclic amines) is 1. The number of rotatable bonds is 6. The Balaban J connectivity index is 1.42. The summed E-state index contributed by atoms with van der Waals surface area (Å²) in [6.45, 7) is 10.7. The number of hydrogen-bond donors (Lipinski definition) is 1. The Kier molecular flexibility index (Phi) is 7.92. The molecule has 0 aromatic heterocycles. The Hall–Kier alpha value is -2.08. The quantitative estimate of drug-likeness (QED) is 0.589. The lowest BCUT2D eigenvalue weighted by molar-refractivity contribution is -0.135. The molecule has 0 aliphatic carbocycles. The molecule has 0 radical (unpaired) electrons. The first kappa shape index (κ1) is 21.6. The number of benzene rings is 1. The molecule has 3 rings (SSSR count). The van der Waals surface area contributed by atoms with Gasteiger partial charge in [-0.2, -0.15) is 0 Å². The van der Waals surface area contributed by atoms with E-state index in [-0.39, 0.29) is 6.04 Å². The maximum Gasteiger partial charge on any atom is 0.239 e. The molecule has 2 unspecified atom stereocenters. The molecule has 2 fully saturated rings. The van der Waals surface area contributed by atoms with Gasteiger partial charge in [0.25, 0.3) is 0 Å². The molecule has 1 aromatic carbocycles. The first-order chi connectivity index (χ1) is 14.1. The summed E-state index contributed by atoms with van der Waals surface area (Å²) in [7, 11) is 1.86. The Labute approximate surface area is 176 Å². The fourth-order valence-electron chi connectivity index (χ4n) is 4.36. The standard InChI is InChI=1S/C23H37N5O/c1-19(21-9-5-4-6-10-21)11-12-25-23(24-3)28-17-15-26(16-18-28)20(2)22(29)27-13-7-8-14-27/h4-6,9-10,19-20H,7-8,11-18H2,1-3H3,(H,24,25). The van der Waals surface area contributed by atoms with E-state index in [1.165, 1.54) is 5.56 Å². The zero-order chi connectivity index (χ0) is 20.6. The van der Waals surface area contributed by atoms with Crippen molar-refractivity contribution in [3.05, 3.63) is 35.9 Å². The van der Waals surface area contributed by atoms with Gasteiger partial charge in [0.05, 0.1) is 6.04 Å². The van der Waals surface area contributed by atoms with Crippen LogP contribution in [0.3, 0.4) is 0 Å². The lowest BCUT2D eigenvalue weighted by atomic mass is 9.98. The highest BCUT2D eigenvalue weighted by Gasteiger charge is 2.30. The smallest absolute Gasteiger partial charge is 0.239 e. The third kappa shape index (κ3) is 5.72. The van der Waals surface area contributed by atoms with Crippen molar-refractivity contribution in [1.29, 1.82) is 0 Å². The maximum absolute atomic E-state index is 12.7. The summed E-state index contributed by atoms with van der Waals surface area (Å²) in [5, 5.41) is 3.53. The van der Waals surface area contributed by atoms with Gasteiger partial charge in [-0.25, -0.2) is 0 Å². The van der Waals surface area contributed by atoms with Crippen LogP contribution in [0.2, 0.25) is 0 Å². The maximum atomic E-state index is 12.7. The van der Waals surface area contributed by atoms with Gasteiger partial charge in [-0.1, -0.05) is 37.3 Å². The van der Waals surface area contributed by atoms with Crippen molar-refractivity contribution in [1.82, 2.24) is 20.0 Å². The van der Waals surface area contributed by atoms with E-state index in [0.29, 0.717) is 11.8 Å². The Morgan fingerprint density at radius 3 is 2.28 bits per heavy atom. The molecule has 2 atom stereocenters. The summed E-state index contributed by atoms with van der Waals surface area (Å²) in [4.78, 5) is 23.8. The second kappa shape index (κ2) is 10.6. The van der Waals surface area contributed by atoms with Gasteiger partial charge < -0.3 is 15.1 Å². The van der Waals surface area contributed by atoms with Gasteiger partial charge in [-0.3, -0.25) is 14.7 Å². The minimum Gasteiger partial charge on any atom is -0.356 e. The largest absolute Gasteiger partial charge is 0.356 e. The van der Waals surface area contributed by atoms with Crippen LogP contribution in [0.4, 0.5) is 0 Å². The number of nitrogens with zero attached hydrogens (tertiary/aromatic N) is 4.